The number of aryl methyl sites for hydroxylation is 1. The lowest BCUT2D eigenvalue weighted by molar-refractivity contribution is 0.0924. The van der Waals surface area contributed by atoms with Crippen LogP contribution >= 0.6 is 11.6 Å². The van der Waals surface area contributed by atoms with E-state index in [0.717, 1.165) is 4.90 Å². The van der Waals surface area contributed by atoms with Crippen LogP contribution in [0.1, 0.15) is 36.8 Å². The maximum atomic E-state index is 13.0. The molecule has 8 heteroatoms. The Kier molecular flexibility index (Phi) is 5.03. The van der Waals surface area contributed by atoms with E-state index in [0.29, 0.717) is 44.5 Å². The van der Waals surface area contributed by atoms with Crippen LogP contribution in [-0.2, 0) is 0 Å². The Bertz CT molecular complexity index is 1390. The Morgan fingerprint density at radius 2 is 1.45 bits per heavy atom. The van der Waals surface area contributed by atoms with Gasteiger partial charge in [-0.15, -0.1) is 0 Å². The van der Waals surface area contributed by atoms with Crippen molar-refractivity contribution in [3.8, 4) is 11.3 Å². The van der Waals surface area contributed by atoms with Crippen molar-refractivity contribution in [3.05, 3.63) is 100 Å². The number of halogens is 1. The molecule has 3 aromatic carbocycles. The highest BCUT2D eigenvalue weighted by Gasteiger charge is 2.36. The van der Waals surface area contributed by atoms with E-state index in [-0.39, 0.29) is 17.4 Å². The molecule has 3 amide bonds. The zero-order valence-electron chi connectivity index (χ0n) is 17.3. The number of carbonyl (C=O) groups excluding carboxylic acids is 3. The van der Waals surface area contributed by atoms with Crippen molar-refractivity contribution >= 4 is 40.7 Å². The maximum Gasteiger partial charge on any atom is 0.266 e. The van der Waals surface area contributed by atoms with Crippen LogP contribution in [0, 0.1) is 6.92 Å². The number of carbonyl (C=O) groups is 3. The molecule has 0 saturated heterocycles. The lowest BCUT2D eigenvalue weighted by Crippen LogP contribution is -2.29. The molecular weight excluding hydrogens is 442 g/mol. The number of nitrogens with one attached hydrogen (secondary N) is 1. The van der Waals surface area contributed by atoms with Gasteiger partial charge in [-0.25, -0.2) is 4.90 Å². The highest BCUT2D eigenvalue weighted by Crippen LogP contribution is 2.32. The summed E-state index contributed by atoms with van der Waals surface area (Å²) in [7, 11) is 0. The molecule has 0 fully saturated rings. The largest absolute Gasteiger partial charge is 0.360 e. The molecule has 0 bridgehead atoms. The number of aromatic nitrogens is 1. The number of imide groups is 1. The van der Waals surface area contributed by atoms with Crippen LogP contribution < -0.4 is 10.2 Å². The lowest BCUT2D eigenvalue weighted by atomic mass is 10.1. The van der Waals surface area contributed by atoms with Crippen molar-refractivity contribution < 1.29 is 18.9 Å². The fourth-order valence-corrected chi connectivity index (χ4v) is 4.01. The lowest BCUT2D eigenvalue weighted by Gasteiger charge is -2.14. The summed E-state index contributed by atoms with van der Waals surface area (Å²) < 4.78 is 5.25. The molecule has 1 aliphatic heterocycles. The van der Waals surface area contributed by atoms with Crippen molar-refractivity contribution in [1.29, 1.82) is 0 Å². The predicted molar refractivity (Wildman–Crippen MR) is 124 cm³/mol. The number of hydrogen-bond donors (Lipinski definition) is 1. The topological polar surface area (TPSA) is 92.5 Å². The molecule has 5 rings (SSSR count). The van der Waals surface area contributed by atoms with Gasteiger partial charge in [-0.2, -0.15) is 0 Å². The minimum Gasteiger partial charge on any atom is -0.360 e. The van der Waals surface area contributed by atoms with Crippen molar-refractivity contribution in [2.45, 2.75) is 6.92 Å². The van der Waals surface area contributed by atoms with Crippen LogP contribution in [0.25, 0.3) is 11.3 Å². The van der Waals surface area contributed by atoms with Gasteiger partial charge < -0.3 is 9.84 Å². The minimum absolute atomic E-state index is 0.271. The van der Waals surface area contributed by atoms with Crippen LogP contribution in [0.2, 0.25) is 5.02 Å². The van der Waals surface area contributed by atoms with E-state index in [2.05, 4.69) is 10.5 Å². The average Bonchev–Trinajstić information content (AvgIpc) is 3.32. The molecule has 4 aromatic rings. The van der Waals surface area contributed by atoms with Gasteiger partial charge in [0.25, 0.3) is 17.7 Å². The third-order valence-corrected chi connectivity index (χ3v) is 5.73. The molecule has 0 aliphatic carbocycles. The van der Waals surface area contributed by atoms with Gasteiger partial charge in [0, 0.05) is 11.3 Å². The molecule has 0 spiro atoms. The Balaban J connectivity index is 1.39. The molecule has 162 valence electrons. The SMILES string of the molecule is Cc1onc(-c2ccccc2Cl)c1C(=O)Nc1ccc(N2C(=O)c3ccccc3C2=O)cc1. The van der Waals surface area contributed by atoms with Gasteiger partial charge >= 0.3 is 0 Å². The summed E-state index contributed by atoms with van der Waals surface area (Å²) in [6.07, 6.45) is 0. The van der Waals surface area contributed by atoms with Crippen molar-refractivity contribution in [3.63, 3.8) is 0 Å². The number of nitrogens with zero attached hydrogens (tertiary/aromatic N) is 2. The number of rotatable bonds is 4. The first-order valence-electron chi connectivity index (χ1n) is 10.1. The van der Waals surface area contributed by atoms with Gasteiger partial charge in [0.1, 0.15) is 17.0 Å². The Morgan fingerprint density at radius 1 is 0.879 bits per heavy atom. The maximum absolute atomic E-state index is 13.0. The number of amides is 3. The molecule has 1 aliphatic rings. The first-order chi connectivity index (χ1) is 16.0. The summed E-state index contributed by atoms with van der Waals surface area (Å²) in [5.74, 6) is -0.823. The number of hydrogen-bond acceptors (Lipinski definition) is 5. The minimum atomic E-state index is -0.419. The average molecular weight is 458 g/mol. The highest BCUT2D eigenvalue weighted by molar-refractivity contribution is 6.34. The van der Waals surface area contributed by atoms with Crippen molar-refractivity contribution in [2.75, 3.05) is 10.2 Å². The monoisotopic (exact) mass is 457 g/mol. The van der Waals surface area contributed by atoms with Crippen LogP contribution in [-0.4, -0.2) is 22.9 Å². The molecule has 0 radical (unpaired) electrons. The second-order valence-corrected chi connectivity index (χ2v) is 7.84. The molecule has 7 nitrogen and oxygen atoms in total. The fourth-order valence-electron chi connectivity index (χ4n) is 3.79. The summed E-state index contributed by atoms with van der Waals surface area (Å²) in [4.78, 5) is 39.5. The number of anilines is 2. The van der Waals surface area contributed by atoms with Crippen molar-refractivity contribution in [1.82, 2.24) is 5.16 Å². The van der Waals surface area contributed by atoms with Gasteiger partial charge in [-0.3, -0.25) is 14.4 Å². The summed E-state index contributed by atoms with van der Waals surface area (Å²) in [6, 6.07) is 20.2. The first-order valence-corrected chi connectivity index (χ1v) is 10.4. The van der Waals surface area contributed by atoms with E-state index >= 15 is 0 Å². The summed E-state index contributed by atoms with van der Waals surface area (Å²) in [5.41, 5.74) is 2.83. The van der Waals surface area contributed by atoms with Gasteiger partial charge in [0.05, 0.1) is 21.8 Å². The van der Waals surface area contributed by atoms with Crippen LogP contribution in [0.4, 0.5) is 11.4 Å². The Labute approximate surface area is 193 Å². The number of benzene rings is 3. The van der Waals surface area contributed by atoms with E-state index in [1.54, 1.807) is 79.7 Å². The highest BCUT2D eigenvalue weighted by atomic mass is 35.5. The van der Waals surface area contributed by atoms with Crippen LogP contribution in [0.5, 0.6) is 0 Å². The molecule has 0 saturated carbocycles. The second-order valence-electron chi connectivity index (χ2n) is 7.43. The van der Waals surface area contributed by atoms with Gasteiger partial charge in [0.15, 0.2) is 0 Å². The third kappa shape index (κ3) is 3.48. The van der Waals surface area contributed by atoms with E-state index in [4.69, 9.17) is 16.1 Å². The zero-order chi connectivity index (χ0) is 23.1. The molecule has 1 N–H and O–H groups in total. The molecule has 0 atom stereocenters. The van der Waals surface area contributed by atoms with E-state index in [1.807, 2.05) is 0 Å². The smallest absolute Gasteiger partial charge is 0.266 e. The van der Waals surface area contributed by atoms with E-state index < -0.39 is 5.91 Å². The Hall–Kier alpha value is -4.23. The summed E-state index contributed by atoms with van der Waals surface area (Å²) >= 11 is 6.27. The van der Waals surface area contributed by atoms with Crippen LogP contribution in [0.15, 0.2) is 77.3 Å². The quantitative estimate of drug-likeness (QED) is 0.416. The van der Waals surface area contributed by atoms with Gasteiger partial charge in [-0.05, 0) is 49.4 Å². The second kappa shape index (κ2) is 8.03. The predicted octanol–water partition coefficient (Wildman–Crippen LogP) is 5.36. The zero-order valence-corrected chi connectivity index (χ0v) is 18.1. The third-order valence-electron chi connectivity index (χ3n) is 5.40. The summed E-state index contributed by atoms with van der Waals surface area (Å²) in [5, 5.41) is 7.26. The molecule has 0 unspecified atom stereocenters. The molecule has 2 heterocycles. The molecular formula is C25H16ClN3O4. The van der Waals surface area contributed by atoms with Gasteiger partial charge in [-0.1, -0.05) is 47.1 Å². The fraction of sp³-hybridized carbons (Fsp3) is 0.0400. The molecule has 33 heavy (non-hydrogen) atoms. The Morgan fingerprint density at radius 3 is 2.06 bits per heavy atom. The van der Waals surface area contributed by atoms with Crippen LogP contribution in [0.3, 0.4) is 0 Å². The van der Waals surface area contributed by atoms with Gasteiger partial charge in [0.2, 0.25) is 0 Å². The standard InChI is InChI=1S/C25H16ClN3O4/c1-14-21(22(28-33-14)19-8-4-5-9-20(19)26)23(30)27-15-10-12-16(13-11-15)29-24(31)17-6-2-3-7-18(17)25(29)32/h2-13H,1H3,(H,27,30). The van der Waals surface area contributed by atoms with Crippen molar-refractivity contribution in [2.24, 2.45) is 0 Å². The normalized spacial score (nSPS) is 12.7. The first kappa shape index (κ1) is 20.7. The summed E-state index contributed by atoms with van der Waals surface area (Å²) in [6.45, 7) is 1.65. The number of fused-ring (bicyclic) bond motifs is 1. The van der Waals surface area contributed by atoms with E-state index in [1.165, 1.54) is 0 Å². The molecule has 1 aromatic heterocycles. The van der Waals surface area contributed by atoms with E-state index in [9.17, 15) is 14.4 Å².